The summed E-state index contributed by atoms with van der Waals surface area (Å²) < 4.78 is 82.3. The first-order chi connectivity index (χ1) is 15.8. The van der Waals surface area contributed by atoms with Crippen LogP contribution in [0, 0.1) is 5.82 Å². The molecule has 0 radical (unpaired) electrons. The number of rotatable bonds is 6. The Hall–Kier alpha value is -2.82. The quantitative estimate of drug-likeness (QED) is 0.549. The SMILES string of the molecule is CCC(C)Oc1ccc(S(C)(=O)=O)cc1C(=O)N1CCN(c2ccc(C(F)(F)F)c(F)c2)CC1. The molecule has 1 saturated heterocycles. The van der Waals surface area contributed by atoms with E-state index in [0.29, 0.717) is 12.5 Å². The Morgan fingerprint density at radius 3 is 2.26 bits per heavy atom. The summed E-state index contributed by atoms with van der Waals surface area (Å²) in [5.41, 5.74) is -0.917. The lowest BCUT2D eigenvalue weighted by Crippen LogP contribution is -2.49. The summed E-state index contributed by atoms with van der Waals surface area (Å²) in [5.74, 6) is -1.49. The van der Waals surface area contributed by atoms with Crippen molar-refractivity contribution >= 4 is 21.4 Å². The zero-order valence-corrected chi connectivity index (χ0v) is 19.8. The molecule has 0 aliphatic carbocycles. The number of benzene rings is 2. The van der Waals surface area contributed by atoms with Gasteiger partial charge in [0.2, 0.25) is 0 Å². The molecular weight excluding hydrogens is 476 g/mol. The summed E-state index contributed by atoms with van der Waals surface area (Å²) >= 11 is 0. The van der Waals surface area contributed by atoms with Crippen molar-refractivity contribution in [2.24, 2.45) is 0 Å². The number of nitrogens with zero attached hydrogens (tertiary/aromatic N) is 2. The van der Waals surface area contributed by atoms with Gasteiger partial charge in [-0.05, 0) is 49.7 Å². The van der Waals surface area contributed by atoms with E-state index in [2.05, 4.69) is 0 Å². The van der Waals surface area contributed by atoms with E-state index in [4.69, 9.17) is 4.74 Å². The summed E-state index contributed by atoms with van der Waals surface area (Å²) in [4.78, 5) is 16.5. The zero-order valence-electron chi connectivity index (χ0n) is 19.0. The van der Waals surface area contributed by atoms with Crippen LogP contribution in [0.25, 0.3) is 0 Å². The molecule has 2 aromatic carbocycles. The van der Waals surface area contributed by atoms with Crippen LogP contribution < -0.4 is 9.64 Å². The van der Waals surface area contributed by atoms with Gasteiger partial charge in [0.1, 0.15) is 11.6 Å². The van der Waals surface area contributed by atoms with E-state index in [-0.39, 0.29) is 54.2 Å². The molecule has 11 heteroatoms. The van der Waals surface area contributed by atoms with Crippen LogP contribution >= 0.6 is 0 Å². The predicted octanol–water partition coefficient (Wildman–Crippen LogP) is 4.39. The molecule has 0 spiro atoms. The highest BCUT2D eigenvalue weighted by molar-refractivity contribution is 7.90. The highest BCUT2D eigenvalue weighted by Crippen LogP contribution is 2.33. The second kappa shape index (κ2) is 9.81. The van der Waals surface area contributed by atoms with Crippen LogP contribution in [0.2, 0.25) is 0 Å². The van der Waals surface area contributed by atoms with E-state index < -0.39 is 33.3 Å². The fraction of sp³-hybridized carbons (Fsp3) is 0.435. The van der Waals surface area contributed by atoms with Crippen LogP contribution in [0.4, 0.5) is 23.2 Å². The number of halogens is 4. The molecule has 1 fully saturated rings. The third-order valence-electron chi connectivity index (χ3n) is 5.70. The van der Waals surface area contributed by atoms with Crippen molar-refractivity contribution in [1.82, 2.24) is 4.90 Å². The molecule has 1 amide bonds. The second-order valence-electron chi connectivity index (χ2n) is 8.21. The number of ether oxygens (including phenoxy) is 1. The highest BCUT2D eigenvalue weighted by Gasteiger charge is 2.34. The monoisotopic (exact) mass is 502 g/mol. The molecule has 6 nitrogen and oxygen atoms in total. The Labute approximate surface area is 196 Å². The molecule has 1 unspecified atom stereocenters. The lowest BCUT2D eigenvalue weighted by molar-refractivity contribution is -0.139. The maximum absolute atomic E-state index is 14.0. The van der Waals surface area contributed by atoms with E-state index in [9.17, 15) is 30.8 Å². The van der Waals surface area contributed by atoms with E-state index in [1.807, 2.05) is 13.8 Å². The summed E-state index contributed by atoms with van der Waals surface area (Å²) in [6, 6.07) is 6.91. The van der Waals surface area contributed by atoms with Crippen LogP contribution in [-0.2, 0) is 16.0 Å². The first-order valence-electron chi connectivity index (χ1n) is 10.7. The molecule has 0 N–H and O–H groups in total. The number of sulfone groups is 1. The first-order valence-corrected chi connectivity index (χ1v) is 12.6. The lowest BCUT2D eigenvalue weighted by atomic mass is 10.1. The van der Waals surface area contributed by atoms with Gasteiger partial charge in [-0.25, -0.2) is 12.8 Å². The normalized spacial score (nSPS) is 15.9. The molecule has 0 saturated carbocycles. The lowest BCUT2D eigenvalue weighted by Gasteiger charge is -2.36. The number of anilines is 1. The molecule has 0 bridgehead atoms. The topological polar surface area (TPSA) is 66.9 Å². The molecule has 34 heavy (non-hydrogen) atoms. The molecular formula is C23H26F4N2O4S. The van der Waals surface area contributed by atoms with E-state index in [1.54, 1.807) is 4.90 Å². The fourth-order valence-electron chi connectivity index (χ4n) is 3.58. The number of alkyl halides is 3. The minimum atomic E-state index is -4.77. The van der Waals surface area contributed by atoms with Crippen LogP contribution in [0.3, 0.4) is 0 Å². The minimum absolute atomic E-state index is 0.00813. The second-order valence-corrected chi connectivity index (χ2v) is 10.2. The third-order valence-corrected chi connectivity index (χ3v) is 6.81. The van der Waals surface area contributed by atoms with Gasteiger partial charge in [0, 0.05) is 38.1 Å². The Bertz CT molecular complexity index is 1160. The summed E-state index contributed by atoms with van der Waals surface area (Å²) in [6.07, 6.45) is -3.23. The smallest absolute Gasteiger partial charge is 0.419 e. The molecule has 1 atom stereocenters. The highest BCUT2D eigenvalue weighted by atomic mass is 32.2. The van der Waals surface area contributed by atoms with Crippen LogP contribution in [0.1, 0.15) is 36.2 Å². The van der Waals surface area contributed by atoms with Crippen molar-refractivity contribution in [3.8, 4) is 5.75 Å². The van der Waals surface area contributed by atoms with Gasteiger partial charge in [0.05, 0.1) is 22.1 Å². The number of carbonyl (C=O) groups is 1. The van der Waals surface area contributed by atoms with Gasteiger partial charge in [-0.15, -0.1) is 0 Å². The molecule has 0 aromatic heterocycles. The van der Waals surface area contributed by atoms with Crippen LogP contribution in [-0.4, -0.2) is 57.8 Å². The molecule has 1 aliphatic rings. The number of carbonyl (C=O) groups excluding carboxylic acids is 1. The van der Waals surface area contributed by atoms with Gasteiger partial charge in [-0.2, -0.15) is 13.2 Å². The average Bonchev–Trinajstić information content (AvgIpc) is 2.77. The first kappa shape index (κ1) is 25.8. The maximum atomic E-state index is 14.0. The van der Waals surface area contributed by atoms with Gasteiger partial charge in [-0.1, -0.05) is 6.92 Å². The number of hydrogen-bond donors (Lipinski definition) is 0. The largest absolute Gasteiger partial charge is 0.490 e. The van der Waals surface area contributed by atoms with Crippen molar-refractivity contribution in [3.63, 3.8) is 0 Å². The summed E-state index contributed by atoms with van der Waals surface area (Å²) in [5, 5.41) is 0. The number of piperazine rings is 1. The van der Waals surface area contributed by atoms with Gasteiger partial charge < -0.3 is 14.5 Å². The number of amides is 1. The number of hydrogen-bond acceptors (Lipinski definition) is 5. The minimum Gasteiger partial charge on any atom is -0.490 e. The predicted molar refractivity (Wildman–Crippen MR) is 119 cm³/mol. The van der Waals surface area contributed by atoms with E-state index >= 15 is 0 Å². The van der Waals surface area contributed by atoms with E-state index in [1.165, 1.54) is 29.2 Å². The molecule has 3 rings (SSSR count). The van der Waals surface area contributed by atoms with Crippen LogP contribution in [0.15, 0.2) is 41.3 Å². The van der Waals surface area contributed by atoms with Gasteiger partial charge in [0.15, 0.2) is 9.84 Å². The van der Waals surface area contributed by atoms with E-state index in [0.717, 1.165) is 12.3 Å². The van der Waals surface area contributed by atoms with Gasteiger partial charge in [0.25, 0.3) is 5.91 Å². The van der Waals surface area contributed by atoms with Crippen molar-refractivity contribution in [2.75, 3.05) is 37.3 Å². The molecule has 186 valence electrons. The summed E-state index contributed by atoms with van der Waals surface area (Å²) in [7, 11) is -3.55. The summed E-state index contributed by atoms with van der Waals surface area (Å²) in [6.45, 7) is 4.72. The van der Waals surface area contributed by atoms with Gasteiger partial charge in [-0.3, -0.25) is 4.79 Å². The maximum Gasteiger partial charge on any atom is 0.419 e. The van der Waals surface area contributed by atoms with Crippen molar-refractivity contribution in [2.45, 2.75) is 37.4 Å². The van der Waals surface area contributed by atoms with Crippen molar-refractivity contribution in [1.29, 1.82) is 0 Å². The Morgan fingerprint density at radius 2 is 1.74 bits per heavy atom. The van der Waals surface area contributed by atoms with Crippen molar-refractivity contribution in [3.05, 3.63) is 53.3 Å². The molecule has 2 aromatic rings. The molecule has 1 aliphatic heterocycles. The van der Waals surface area contributed by atoms with Crippen molar-refractivity contribution < 1.29 is 35.5 Å². The zero-order chi connectivity index (χ0) is 25.3. The standard InChI is InChI=1S/C23H26F4N2O4S/c1-4-15(2)33-21-8-6-17(34(3,31)32)14-18(21)22(30)29-11-9-28(10-12-29)16-5-7-19(20(24)13-16)23(25,26)27/h5-8,13-15H,4,9-12H2,1-3H3. The Balaban J connectivity index is 1.79. The Morgan fingerprint density at radius 1 is 1.09 bits per heavy atom. The average molecular weight is 503 g/mol. The van der Waals surface area contributed by atoms with Gasteiger partial charge >= 0.3 is 6.18 Å². The van der Waals surface area contributed by atoms with Crippen LogP contribution in [0.5, 0.6) is 5.75 Å². The molecule has 1 heterocycles. The Kier molecular flexibility index (Phi) is 7.44. The third kappa shape index (κ3) is 5.81. The fourth-order valence-corrected chi connectivity index (χ4v) is 4.23.